The standard InChI is InChI=1S/C12H24N2O3S/c1-9-7-14(8-10(2)17-9)18(15,16)11(3)6-13-12-4-5-12/h9-13H,4-8H2,1-3H3/t9-,10+,11?. The van der Waals surface area contributed by atoms with E-state index in [1.165, 1.54) is 12.8 Å². The fourth-order valence-corrected chi connectivity index (χ4v) is 3.97. The van der Waals surface area contributed by atoms with Crippen LogP contribution in [0.4, 0.5) is 0 Å². The third kappa shape index (κ3) is 3.44. The molecule has 1 saturated heterocycles. The lowest BCUT2D eigenvalue weighted by molar-refractivity contribution is -0.0442. The number of nitrogens with one attached hydrogen (secondary N) is 1. The molecule has 0 aromatic heterocycles. The molecule has 0 aromatic rings. The topological polar surface area (TPSA) is 58.6 Å². The molecule has 3 atom stereocenters. The third-order valence-corrected chi connectivity index (χ3v) is 5.73. The molecule has 1 heterocycles. The first-order valence-corrected chi connectivity index (χ1v) is 8.27. The molecular formula is C12H24N2O3S. The van der Waals surface area contributed by atoms with E-state index < -0.39 is 10.0 Å². The van der Waals surface area contributed by atoms with Gasteiger partial charge < -0.3 is 10.1 Å². The SMILES string of the molecule is CC(CNC1CC1)S(=O)(=O)N1C[C@@H](C)O[C@@H](C)C1. The van der Waals surface area contributed by atoms with Crippen LogP contribution in [0.3, 0.4) is 0 Å². The third-order valence-electron chi connectivity index (χ3n) is 3.53. The summed E-state index contributed by atoms with van der Waals surface area (Å²) in [7, 11) is -3.20. The van der Waals surface area contributed by atoms with Gasteiger partial charge in [0.05, 0.1) is 17.5 Å². The normalized spacial score (nSPS) is 32.4. The van der Waals surface area contributed by atoms with Gasteiger partial charge in [0.25, 0.3) is 0 Å². The molecule has 2 rings (SSSR count). The van der Waals surface area contributed by atoms with Gasteiger partial charge >= 0.3 is 0 Å². The Morgan fingerprint density at radius 1 is 1.28 bits per heavy atom. The first-order chi connectivity index (χ1) is 8.39. The van der Waals surface area contributed by atoms with Crippen molar-refractivity contribution in [2.24, 2.45) is 0 Å². The van der Waals surface area contributed by atoms with Crippen LogP contribution in [0.15, 0.2) is 0 Å². The van der Waals surface area contributed by atoms with Crippen molar-refractivity contribution in [1.82, 2.24) is 9.62 Å². The number of rotatable bonds is 5. The molecule has 18 heavy (non-hydrogen) atoms. The predicted octanol–water partition coefficient (Wildman–Crippen LogP) is 0.566. The maximum atomic E-state index is 12.4. The van der Waals surface area contributed by atoms with Crippen LogP contribution in [-0.2, 0) is 14.8 Å². The highest BCUT2D eigenvalue weighted by atomic mass is 32.2. The highest BCUT2D eigenvalue weighted by Crippen LogP contribution is 2.20. The molecule has 0 spiro atoms. The minimum Gasteiger partial charge on any atom is -0.373 e. The van der Waals surface area contributed by atoms with Crippen LogP contribution in [0.5, 0.6) is 0 Å². The molecule has 1 N–H and O–H groups in total. The maximum Gasteiger partial charge on any atom is 0.218 e. The monoisotopic (exact) mass is 276 g/mol. The number of nitrogens with zero attached hydrogens (tertiary/aromatic N) is 1. The Balaban J connectivity index is 1.94. The van der Waals surface area contributed by atoms with Crippen molar-refractivity contribution in [1.29, 1.82) is 0 Å². The van der Waals surface area contributed by atoms with Gasteiger partial charge in [-0.2, -0.15) is 4.31 Å². The molecule has 0 aromatic carbocycles. The van der Waals surface area contributed by atoms with Gasteiger partial charge in [0, 0.05) is 25.7 Å². The molecule has 1 aliphatic carbocycles. The molecule has 5 nitrogen and oxygen atoms in total. The molecule has 106 valence electrons. The van der Waals surface area contributed by atoms with E-state index in [1.807, 2.05) is 13.8 Å². The molecule has 0 amide bonds. The van der Waals surface area contributed by atoms with Crippen molar-refractivity contribution >= 4 is 10.0 Å². The summed E-state index contributed by atoms with van der Waals surface area (Å²) in [6, 6.07) is 0.546. The van der Waals surface area contributed by atoms with Crippen molar-refractivity contribution in [2.75, 3.05) is 19.6 Å². The summed E-state index contributed by atoms with van der Waals surface area (Å²) in [6.45, 7) is 7.13. The van der Waals surface area contributed by atoms with Gasteiger partial charge in [0.2, 0.25) is 10.0 Å². The van der Waals surface area contributed by atoms with E-state index in [2.05, 4.69) is 5.32 Å². The van der Waals surface area contributed by atoms with E-state index in [4.69, 9.17) is 4.74 Å². The van der Waals surface area contributed by atoms with Crippen molar-refractivity contribution in [2.45, 2.75) is 57.1 Å². The van der Waals surface area contributed by atoms with Gasteiger partial charge in [-0.1, -0.05) is 0 Å². The van der Waals surface area contributed by atoms with Crippen molar-refractivity contribution in [3.05, 3.63) is 0 Å². The average Bonchev–Trinajstić information content (AvgIpc) is 3.08. The van der Waals surface area contributed by atoms with Gasteiger partial charge in [-0.3, -0.25) is 0 Å². The molecule has 2 aliphatic rings. The maximum absolute atomic E-state index is 12.4. The Hall–Kier alpha value is -0.170. The van der Waals surface area contributed by atoms with Gasteiger partial charge in [-0.05, 0) is 33.6 Å². The number of sulfonamides is 1. The number of hydrogen-bond donors (Lipinski definition) is 1. The van der Waals surface area contributed by atoms with Crippen LogP contribution in [0.2, 0.25) is 0 Å². The summed E-state index contributed by atoms with van der Waals surface area (Å²) in [5.41, 5.74) is 0. The quantitative estimate of drug-likeness (QED) is 0.797. The Morgan fingerprint density at radius 3 is 2.33 bits per heavy atom. The minimum absolute atomic E-state index is 0.0212. The van der Waals surface area contributed by atoms with Gasteiger partial charge in [-0.25, -0.2) is 8.42 Å². The Labute approximate surface area is 110 Å². The summed E-state index contributed by atoms with van der Waals surface area (Å²) in [5.74, 6) is 0. The zero-order valence-corrected chi connectivity index (χ0v) is 12.2. The van der Waals surface area contributed by atoms with E-state index in [1.54, 1.807) is 11.2 Å². The lowest BCUT2D eigenvalue weighted by Gasteiger charge is -2.36. The molecule has 1 unspecified atom stereocenters. The Morgan fingerprint density at radius 2 is 1.83 bits per heavy atom. The van der Waals surface area contributed by atoms with Crippen LogP contribution >= 0.6 is 0 Å². The number of morpholine rings is 1. The summed E-state index contributed by atoms with van der Waals surface area (Å²) in [4.78, 5) is 0. The molecule has 0 bridgehead atoms. The van der Waals surface area contributed by atoms with Crippen molar-refractivity contribution in [3.8, 4) is 0 Å². The fourth-order valence-electron chi connectivity index (χ4n) is 2.32. The molecule has 6 heteroatoms. The van der Waals surface area contributed by atoms with Crippen LogP contribution in [0, 0.1) is 0 Å². The minimum atomic E-state index is -3.20. The van der Waals surface area contributed by atoms with Gasteiger partial charge in [0.15, 0.2) is 0 Å². The molecule has 1 aliphatic heterocycles. The highest BCUT2D eigenvalue weighted by Gasteiger charge is 2.35. The fraction of sp³-hybridized carbons (Fsp3) is 1.00. The molecular weight excluding hydrogens is 252 g/mol. The van der Waals surface area contributed by atoms with E-state index in [-0.39, 0.29) is 17.5 Å². The zero-order valence-electron chi connectivity index (χ0n) is 11.4. The highest BCUT2D eigenvalue weighted by molar-refractivity contribution is 7.89. The van der Waals surface area contributed by atoms with Crippen LogP contribution in [-0.4, -0.2) is 55.9 Å². The smallest absolute Gasteiger partial charge is 0.218 e. The molecule has 1 saturated carbocycles. The summed E-state index contributed by atoms with van der Waals surface area (Å²) in [6.07, 6.45) is 2.32. The van der Waals surface area contributed by atoms with E-state index in [9.17, 15) is 8.42 Å². The lowest BCUT2D eigenvalue weighted by atomic mass is 10.3. The number of ether oxygens (including phenoxy) is 1. The van der Waals surface area contributed by atoms with Crippen LogP contribution < -0.4 is 5.32 Å². The van der Waals surface area contributed by atoms with E-state index in [0.29, 0.717) is 25.7 Å². The average molecular weight is 276 g/mol. The van der Waals surface area contributed by atoms with Crippen molar-refractivity contribution < 1.29 is 13.2 Å². The lowest BCUT2D eigenvalue weighted by Crippen LogP contribution is -2.51. The largest absolute Gasteiger partial charge is 0.373 e. The van der Waals surface area contributed by atoms with Gasteiger partial charge in [-0.15, -0.1) is 0 Å². The summed E-state index contributed by atoms with van der Waals surface area (Å²) >= 11 is 0. The van der Waals surface area contributed by atoms with Crippen LogP contribution in [0.1, 0.15) is 33.6 Å². The second kappa shape index (κ2) is 5.45. The van der Waals surface area contributed by atoms with Crippen LogP contribution in [0.25, 0.3) is 0 Å². The van der Waals surface area contributed by atoms with Gasteiger partial charge in [0.1, 0.15) is 0 Å². The molecule has 0 radical (unpaired) electrons. The number of hydrogen-bond acceptors (Lipinski definition) is 4. The van der Waals surface area contributed by atoms with E-state index in [0.717, 1.165) is 0 Å². The Kier molecular flexibility index (Phi) is 4.31. The second-order valence-electron chi connectivity index (χ2n) is 5.61. The summed E-state index contributed by atoms with van der Waals surface area (Å²) < 4.78 is 32.0. The Bertz CT molecular complexity index is 371. The second-order valence-corrected chi connectivity index (χ2v) is 7.96. The summed E-state index contributed by atoms with van der Waals surface area (Å²) in [5, 5.41) is 2.92. The van der Waals surface area contributed by atoms with E-state index >= 15 is 0 Å². The molecule has 2 fully saturated rings. The predicted molar refractivity (Wildman–Crippen MR) is 71.0 cm³/mol. The van der Waals surface area contributed by atoms with Crippen molar-refractivity contribution in [3.63, 3.8) is 0 Å². The first-order valence-electron chi connectivity index (χ1n) is 6.77. The first kappa shape index (κ1) is 14.2. The zero-order chi connectivity index (χ0) is 13.3.